The highest BCUT2D eigenvalue weighted by molar-refractivity contribution is 9.10. The maximum atomic E-state index is 13.3. The number of carbonyl (C=O) groups excluding carboxylic acids is 2. The largest absolute Gasteiger partial charge is 0.457 e. The number of halogens is 2. The average Bonchev–Trinajstić information content (AvgIpc) is 2.77. The van der Waals surface area contributed by atoms with Gasteiger partial charge in [0, 0.05) is 5.69 Å². The third-order valence-corrected chi connectivity index (χ3v) is 2.97. The number of carbonyl (C=O) groups is 2. The van der Waals surface area contributed by atoms with Crippen molar-refractivity contribution in [2.75, 3.05) is 5.32 Å². The molecular weight excluding hydrogens is 319 g/mol. The minimum absolute atomic E-state index is 0.258. The first-order chi connectivity index (χ1) is 8.99. The minimum atomic E-state index is -0.905. The summed E-state index contributed by atoms with van der Waals surface area (Å²) in [6.07, 6.45) is 1.35. The average molecular weight is 327 g/mol. The molecule has 0 unspecified atom stereocenters. The van der Waals surface area contributed by atoms with Crippen molar-refractivity contribution in [2.45, 2.75) is 0 Å². The number of furan rings is 1. The van der Waals surface area contributed by atoms with Gasteiger partial charge < -0.3 is 15.5 Å². The third-order valence-electron chi connectivity index (χ3n) is 2.35. The Kier molecular flexibility index (Phi) is 3.66. The monoisotopic (exact) mass is 326 g/mol. The molecule has 2 rings (SSSR count). The molecule has 0 aliphatic heterocycles. The number of primary amides is 1. The lowest BCUT2D eigenvalue weighted by molar-refractivity contribution is 0.0992. The minimum Gasteiger partial charge on any atom is -0.457 e. The van der Waals surface area contributed by atoms with Gasteiger partial charge in [-0.2, -0.15) is 0 Å². The van der Waals surface area contributed by atoms with Crippen molar-refractivity contribution in [3.05, 3.63) is 52.1 Å². The Morgan fingerprint density at radius 3 is 2.58 bits per heavy atom. The molecule has 0 bridgehead atoms. The third kappa shape index (κ3) is 2.82. The van der Waals surface area contributed by atoms with E-state index in [1.165, 1.54) is 24.5 Å². The van der Waals surface area contributed by atoms with E-state index in [2.05, 4.69) is 21.2 Å². The molecule has 3 N–H and O–H groups in total. The Labute approximate surface area is 115 Å². The Morgan fingerprint density at radius 1 is 1.26 bits per heavy atom. The van der Waals surface area contributed by atoms with Crippen LogP contribution in [0, 0.1) is 5.82 Å². The molecule has 7 heteroatoms. The van der Waals surface area contributed by atoms with Crippen LogP contribution in [0.15, 0.2) is 39.6 Å². The van der Waals surface area contributed by atoms with Crippen LogP contribution in [-0.2, 0) is 0 Å². The van der Waals surface area contributed by atoms with Gasteiger partial charge in [0.25, 0.3) is 11.8 Å². The van der Waals surface area contributed by atoms with Gasteiger partial charge in [-0.25, -0.2) is 4.39 Å². The first kappa shape index (κ1) is 13.3. The molecule has 0 aliphatic rings. The second kappa shape index (κ2) is 5.23. The lowest BCUT2D eigenvalue weighted by Crippen LogP contribution is -2.15. The van der Waals surface area contributed by atoms with Crippen LogP contribution in [0.2, 0.25) is 0 Å². The van der Waals surface area contributed by atoms with Gasteiger partial charge >= 0.3 is 0 Å². The molecule has 2 aromatic rings. The van der Waals surface area contributed by atoms with Gasteiger partial charge in [0.15, 0.2) is 4.67 Å². The van der Waals surface area contributed by atoms with Crippen molar-refractivity contribution >= 4 is 33.4 Å². The Balaban J connectivity index is 2.25. The topological polar surface area (TPSA) is 85.3 Å². The number of hydrogen-bond acceptors (Lipinski definition) is 3. The van der Waals surface area contributed by atoms with Crippen molar-refractivity contribution < 1.29 is 18.4 Å². The molecule has 1 heterocycles. The van der Waals surface area contributed by atoms with Crippen molar-refractivity contribution in [3.8, 4) is 0 Å². The maximum absolute atomic E-state index is 13.3. The normalized spacial score (nSPS) is 10.2. The van der Waals surface area contributed by atoms with Crippen molar-refractivity contribution in [1.29, 1.82) is 0 Å². The molecule has 2 amide bonds. The second-order valence-corrected chi connectivity index (χ2v) is 4.34. The molecule has 19 heavy (non-hydrogen) atoms. The van der Waals surface area contributed by atoms with Gasteiger partial charge in [-0.15, -0.1) is 0 Å². The number of anilines is 1. The molecule has 0 saturated carbocycles. The van der Waals surface area contributed by atoms with E-state index in [1.807, 2.05) is 0 Å². The molecule has 0 radical (unpaired) electrons. The van der Waals surface area contributed by atoms with Gasteiger partial charge in [-0.1, -0.05) is 0 Å². The van der Waals surface area contributed by atoms with Gasteiger partial charge in [-0.05, 0) is 40.2 Å². The van der Waals surface area contributed by atoms with Crippen LogP contribution in [0.5, 0.6) is 0 Å². The summed E-state index contributed by atoms with van der Waals surface area (Å²) in [4.78, 5) is 22.8. The van der Waals surface area contributed by atoms with Crippen LogP contribution >= 0.6 is 15.9 Å². The zero-order valence-electron chi connectivity index (χ0n) is 9.44. The molecule has 5 nitrogen and oxygen atoms in total. The van der Waals surface area contributed by atoms with Crippen molar-refractivity contribution in [2.24, 2.45) is 5.73 Å². The summed E-state index contributed by atoms with van der Waals surface area (Å²) >= 11 is 3.07. The molecule has 0 saturated heterocycles. The fraction of sp³-hybridized carbons (Fsp3) is 0. The molecule has 1 aromatic heterocycles. The van der Waals surface area contributed by atoms with Crippen molar-refractivity contribution in [1.82, 2.24) is 0 Å². The molecule has 0 fully saturated rings. The van der Waals surface area contributed by atoms with Crippen LogP contribution in [0.3, 0.4) is 0 Å². The Hall–Kier alpha value is -2.15. The van der Waals surface area contributed by atoms with Crippen molar-refractivity contribution in [3.63, 3.8) is 0 Å². The number of benzene rings is 1. The Bertz CT molecular complexity index is 654. The summed E-state index contributed by atoms with van der Waals surface area (Å²) in [7, 11) is 0. The first-order valence-electron chi connectivity index (χ1n) is 5.12. The lowest BCUT2D eigenvalue weighted by Gasteiger charge is -2.06. The lowest BCUT2D eigenvalue weighted by atomic mass is 10.1. The predicted octanol–water partition coefficient (Wildman–Crippen LogP) is 2.53. The zero-order chi connectivity index (χ0) is 14.0. The molecule has 1 aromatic carbocycles. The summed E-state index contributed by atoms with van der Waals surface area (Å²) in [6.45, 7) is 0. The highest BCUT2D eigenvalue weighted by atomic mass is 79.9. The number of nitrogens with two attached hydrogens (primary N) is 1. The second-order valence-electron chi connectivity index (χ2n) is 3.62. The molecule has 98 valence electrons. The number of nitrogens with one attached hydrogen (secondary N) is 1. The quantitative estimate of drug-likeness (QED) is 0.908. The van der Waals surface area contributed by atoms with Gasteiger partial charge in [0.1, 0.15) is 5.82 Å². The van der Waals surface area contributed by atoms with E-state index in [4.69, 9.17) is 10.2 Å². The summed E-state index contributed by atoms with van der Waals surface area (Å²) in [5.41, 5.74) is 5.27. The molecular formula is C12H8BrFN2O3. The number of rotatable bonds is 3. The smallest absolute Gasteiger partial charge is 0.260 e. The first-order valence-corrected chi connectivity index (χ1v) is 5.92. The van der Waals surface area contributed by atoms with Crippen LogP contribution < -0.4 is 11.1 Å². The summed E-state index contributed by atoms with van der Waals surface area (Å²) in [5, 5.41) is 2.50. The van der Waals surface area contributed by atoms with Gasteiger partial charge in [-0.3, -0.25) is 9.59 Å². The van der Waals surface area contributed by atoms with Crippen LogP contribution in [0.4, 0.5) is 10.1 Å². The van der Waals surface area contributed by atoms with Crippen LogP contribution in [0.1, 0.15) is 20.7 Å². The number of hydrogen-bond donors (Lipinski definition) is 2. The summed E-state index contributed by atoms with van der Waals surface area (Å²) in [6, 6.07) is 5.02. The van der Waals surface area contributed by atoms with Gasteiger partial charge in [0.05, 0.1) is 17.4 Å². The highest BCUT2D eigenvalue weighted by Gasteiger charge is 2.14. The highest BCUT2D eigenvalue weighted by Crippen LogP contribution is 2.20. The van der Waals surface area contributed by atoms with Gasteiger partial charge in [0.2, 0.25) is 0 Å². The maximum Gasteiger partial charge on any atom is 0.260 e. The van der Waals surface area contributed by atoms with E-state index in [9.17, 15) is 14.0 Å². The Morgan fingerprint density at radius 2 is 2.00 bits per heavy atom. The number of amides is 2. The summed E-state index contributed by atoms with van der Waals surface area (Å²) in [5.74, 6) is -2.10. The molecule has 0 spiro atoms. The SMILES string of the molecule is NC(=O)c1cc(NC(=O)c2ccoc2Br)ccc1F. The van der Waals surface area contributed by atoms with E-state index in [0.29, 0.717) is 0 Å². The summed E-state index contributed by atoms with van der Waals surface area (Å²) < 4.78 is 18.5. The predicted molar refractivity (Wildman–Crippen MR) is 69.3 cm³/mol. The fourth-order valence-corrected chi connectivity index (χ4v) is 1.87. The zero-order valence-corrected chi connectivity index (χ0v) is 11.0. The van der Waals surface area contributed by atoms with Crippen LogP contribution in [0.25, 0.3) is 0 Å². The molecule has 0 atom stereocenters. The standard InChI is InChI=1S/C12H8BrFN2O3/c13-10-7(3-4-19-10)12(18)16-6-1-2-9(14)8(5-6)11(15)17/h1-5H,(H2,15,17)(H,16,18). The van der Waals surface area contributed by atoms with E-state index in [0.717, 1.165) is 6.07 Å². The van der Waals surface area contributed by atoms with E-state index in [1.54, 1.807) is 0 Å². The fourth-order valence-electron chi connectivity index (χ4n) is 1.45. The van der Waals surface area contributed by atoms with E-state index >= 15 is 0 Å². The van der Waals surface area contributed by atoms with E-state index < -0.39 is 17.6 Å². The van der Waals surface area contributed by atoms with Crippen LogP contribution in [-0.4, -0.2) is 11.8 Å². The molecule has 0 aliphatic carbocycles. The van der Waals surface area contributed by atoms with E-state index in [-0.39, 0.29) is 21.5 Å².